The fraction of sp³-hybridized carbons (Fsp3) is 0.111. The maximum Gasteiger partial charge on any atom is 0.162 e. The van der Waals surface area contributed by atoms with Gasteiger partial charge in [0.05, 0.1) is 16.7 Å². The molecule has 4 heteroatoms. The lowest BCUT2D eigenvalue weighted by Gasteiger charge is -2.12. The molecule has 0 bridgehead atoms. The molecule has 40 heavy (non-hydrogen) atoms. The van der Waals surface area contributed by atoms with Crippen LogP contribution in [0.1, 0.15) is 33.4 Å². The number of rotatable bonds is 4. The van der Waals surface area contributed by atoms with Gasteiger partial charge in [0.2, 0.25) is 0 Å². The molecule has 0 saturated heterocycles. The Balaban J connectivity index is 0.00000142. The summed E-state index contributed by atoms with van der Waals surface area (Å²) in [5.41, 5.74) is 5.27. The van der Waals surface area contributed by atoms with E-state index < -0.39 is 0 Å². The summed E-state index contributed by atoms with van der Waals surface area (Å²) in [6.07, 6.45) is 6.26. The Hall–Kier alpha value is -4.54. The van der Waals surface area contributed by atoms with Crippen LogP contribution in [-0.2, 0) is 0 Å². The fourth-order valence-corrected chi connectivity index (χ4v) is 6.48. The molecule has 0 fully saturated rings. The number of hydrogen-bond acceptors (Lipinski definition) is 3. The van der Waals surface area contributed by atoms with Gasteiger partial charge in [-0.25, -0.2) is 9.97 Å². The van der Waals surface area contributed by atoms with Crippen LogP contribution in [0.2, 0.25) is 0 Å². The smallest absolute Gasteiger partial charge is 0.162 e. The van der Waals surface area contributed by atoms with Crippen LogP contribution in [-0.4, -0.2) is 14.5 Å². The highest BCUT2D eigenvalue weighted by Crippen LogP contribution is 2.40. The third kappa shape index (κ3) is 4.31. The molecule has 0 radical (unpaired) electrons. The average Bonchev–Trinajstić information content (AvgIpc) is 3.54. The van der Waals surface area contributed by atoms with Crippen LogP contribution in [0, 0.1) is 0 Å². The minimum absolute atomic E-state index is 0.718. The third-order valence-corrected chi connectivity index (χ3v) is 8.23. The van der Waals surface area contributed by atoms with Crippen molar-refractivity contribution in [3.8, 4) is 17.2 Å². The molecule has 7 aromatic rings. The molecule has 7 rings (SSSR count). The molecule has 0 aliphatic heterocycles. The molecule has 0 unspecified atom stereocenters. The number of thiophene rings is 1. The van der Waals surface area contributed by atoms with E-state index in [1.165, 1.54) is 30.9 Å². The normalized spacial score (nSPS) is 12.1. The number of hydrogen-bond donors (Lipinski definition) is 0. The van der Waals surface area contributed by atoms with Gasteiger partial charge in [0, 0.05) is 42.6 Å². The van der Waals surface area contributed by atoms with Gasteiger partial charge in [0.1, 0.15) is 5.82 Å². The first-order chi connectivity index (χ1) is 19.7. The van der Waals surface area contributed by atoms with Crippen molar-refractivity contribution < 1.29 is 0 Å². The standard InChI is InChI=1S/C34H25N3S.C2H6/c1-3-12-22(4-2)28-21-33(36-34(35-28)23-13-6-5-7-14-23)37-29-17-10-8-15-24(29)26-20-32-27(19-30(26)37)25-16-9-11-18-31(25)38-32;1-2/h3-21H,1-2H3;1-2H3/b12-3-,22-4+;. The first-order valence-corrected chi connectivity index (χ1v) is 14.7. The van der Waals surface area contributed by atoms with Gasteiger partial charge in [-0.2, -0.15) is 0 Å². The van der Waals surface area contributed by atoms with Crippen LogP contribution in [0.25, 0.3) is 64.8 Å². The number of allylic oxidation sites excluding steroid dienone is 4. The second-order valence-corrected chi connectivity index (χ2v) is 10.4. The van der Waals surface area contributed by atoms with Crippen molar-refractivity contribution in [1.82, 2.24) is 14.5 Å². The molecule has 4 aromatic carbocycles. The van der Waals surface area contributed by atoms with E-state index in [0.29, 0.717) is 0 Å². The first kappa shape index (κ1) is 25.7. The Morgan fingerprint density at radius 1 is 0.675 bits per heavy atom. The quantitative estimate of drug-likeness (QED) is 0.209. The van der Waals surface area contributed by atoms with Crippen molar-refractivity contribution in [2.45, 2.75) is 27.7 Å². The van der Waals surface area contributed by atoms with Crippen LogP contribution >= 0.6 is 11.3 Å². The van der Waals surface area contributed by atoms with E-state index in [1.807, 2.05) is 50.3 Å². The molecular formula is C36H31N3S. The van der Waals surface area contributed by atoms with Gasteiger partial charge < -0.3 is 0 Å². The summed E-state index contributed by atoms with van der Waals surface area (Å²) in [7, 11) is 0. The summed E-state index contributed by atoms with van der Waals surface area (Å²) in [5.74, 6) is 1.58. The van der Waals surface area contributed by atoms with Crippen molar-refractivity contribution in [3.05, 3.63) is 121 Å². The van der Waals surface area contributed by atoms with E-state index in [9.17, 15) is 0 Å². The topological polar surface area (TPSA) is 30.7 Å². The Morgan fingerprint density at radius 3 is 2.17 bits per heavy atom. The van der Waals surface area contributed by atoms with E-state index in [1.54, 1.807) is 0 Å². The van der Waals surface area contributed by atoms with E-state index >= 15 is 0 Å². The molecule has 0 saturated carbocycles. The predicted molar refractivity (Wildman–Crippen MR) is 175 cm³/mol. The summed E-state index contributed by atoms with van der Waals surface area (Å²) in [6, 6.07) is 34.3. The highest BCUT2D eigenvalue weighted by Gasteiger charge is 2.18. The zero-order chi connectivity index (χ0) is 27.6. The Labute approximate surface area is 238 Å². The van der Waals surface area contributed by atoms with Gasteiger partial charge in [-0.15, -0.1) is 11.3 Å². The molecular weight excluding hydrogens is 506 g/mol. The van der Waals surface area contributed by atoms with Crippen molar-refractivity contribution in [3.63, 3.8) is 0 Å². The van der Waals surface area contributed by atoms with Gasteiger partial charge >= 0.3 is 0 Å². The van der Waals surface area contributed by atoms with Crippen LogP contribution in [0.4, 0.5) is 0 Å². The monoisotopic (exact) mass is 537 g/mol. The maximum absolute atomic E-state index is 5.16. The molecule has 0 spiro atoms. The molecule has 3 aromatic heterocycles. The molecule has 0 N–H and O–H groups in total. The highest BCUT2D eigenvalue weighted by molar-refractivity contribution is 7.25. The number of para-hydroxylation sites is 1. The summed E-state index contributed by atoms with van der Waals surface area (Å²) in [5, 5.41) is 5.04. The minimum atomic E-state index is 0.718. The summed E-state index contributed by atoms with van der Waals surface area (Å²) in [4.78, 5) is 10.2. The van der Waals surface area contributed by atoms with Gasteiger partial charge in [0.25, 0.3) is 0 Å². The van der Waals surface area contributed by atoms with Crippen LogP contribution in [0.15, 0.2) is 115 Å². The molecule has 0 aliphatic carbocycles. The SMILES string of the molecule is C/C=C\C(=C/C)c1cc(-n2c3ccccc3c3cc4sc5ccccc5c4cc32)nc(-c2ccccc2)n1.CC. The molecule has 3 heterocycles. The number of nitrogens with zero attached hydrogens (tertiary/aromatic N) is 3. The highest BCUT2D eigenvalue weighted by atomic mass is 32.1. The molecule has 0 atom stereocenters. The van der Waals surface area contributed by atoms with E-state index in [-0.39, 0.29) is 0 Å². The largest absolute Gasteiger partial charge is 0.294 e. The molecule has 3 nitrogen and oxygen atoms in total. The Morgan fingerprint density at radius 2 is 1.40 bits per heavy atom. The van der Waals surface area contributed by atoms with Gasteiger partial charge in [-0.1, -0.05) is 98.8 Å². The van der Waals surface area contributed by atoms with E-state index in [4.69, 9.17) is 9.97 Å². The van der Waals surface area contributed by atoms with E-state index in [0.717, 1.165) is 39.5 Å². The Kier molecular flexibility index (Phi) is 7.02. The Bertz CT molecular complexity index is 2040. The summed E-state index contributed by atoms with van der Waals surface area (Å²) >= 11 is 1.85. The zero-order valence-electron chi connectivity index (χ0n) is 23.2. The zero-order valence-corrected chi connectivity index (χ0v) is 24.0. The lowest BCUT2D eigenvalue weighted by atomic mass is 10.1. The van der Waals surface area contributed by atoms with Crippen LogP contribution in [0.3, 0.4) is 0 Å². The lowest BCUT2D eigenvalue weighted by Crippen LogP contribution is -2.03. The number of aromatic nitrogens is 3. The van der Waals surface area contributed by atoms with Crippen molar-refractivity contribution >= 4 is 58.9 Å². The van der Waals surface area contributed by atoms with Gasteiger partial charge in [-0.05, 0) is 43.7 Å². The molecule has 196 valence electrons. The fourth-order valence-electron chi connectivity index (χ4n) is 5.36. The van der Waals surface area contributed by atoms with Gasteiger partial charge in [-0.3, -0.25) is 4.57 Å². The molecule has 0 amide bonds. The van der Waals surface area contributed by atoms with Crippen LogP contribution < -0.4 is 0 Å². The van der Waals surface area contributed by atoms with Gasteiger partial charge in [0.15, 0.2) is 5.82 Å². The molecule has 0 aliphatic rings. The third-order valence-electron chi connectivity index (χ3n) is 7.10. The predicted octanol–water partition coefficient (Wildman–Crippen LogP) is 10.6. The first-order valence-electron chi connectivity index (χ1n) is 13.8. The van der Waals surface area contributed by atoms with Crippen molar-refractivity contribution in [1.29, 1.82) is 0 Å². The van der Waals surface area contributed by atoms with Crippen LogP contribution in [0.5, 0.6) is 0 Å². The number of benzene rings is 4. The number of fused-ring (bicyclic) bond motifs is 6. The average molecular weight is 538 g/mol. The summed E-state index contributed by atoms with van der Waals surface area (Å²) < 4.78 is 4.92. The summed E-state index contributed by atoms with van der Waals surface area (Å²) in [6.45, 7) is 8.09. The minimum Gasteiger partial charge on any atom is -0.294 e. The van der Waals surface area contributed by atoms with Crippen molar-refractivity contribution in [2.24, 2.45) is 0 Å². The second-order valence-electron chi connectivity index (χ2n) is 9.36. The van der Waals surface area contributed by atoms with E-state index in [2.05, 4.69) is 109 Å². The lowest BCUT2D eigenvalue weighted by molar-refractivity contribution is 1.04. The second kappa shape index (κ2) is 10.9. The maximum atomic E-state index is 5.16. The van der Waals surface area contributed by atoms with Crippen molar-refractivity contribution in [2.75, 3.05) is 0 Å².